The molecule has 0 bridgehead atoms. The van der Waals surface area contributed by atoms with Crippen molar-refractivity contribution in [3.8, 4) is 11.5 Å². The third-order valence-electron chi connectivity index (χ3n) is 2.01. The Bertz CT molecular complexity index is 355. The molecule has 4 N–H and O–H groups in total. The molecule has 78 valence electrons. The summed E-state index contributed by atoms with van der Waals surface area (Å²) in [6, 6.07) is 2.16. The molecular formula is C9H11ClFNO2. The van der Waals surface area contributed by atoms with E-state index in [9.17, 15) is 4.39 Å². The van der Waals surface area contributed by atoms with Crippen molar-refractivity contribution in [3.63, 3.8) is 0 Å². The Morgan fingerprint density at radius 1 is 1.43 bits per heavy atom. The van der Waals surface area contributed by atoms with Gasteiger partial charge in [-0.15, -0.1) is 0 Å². The van der Waals surface area contributed by atoms with E-state index in [1.165, 1.54) is 6.92 Å². The molecule has 1 aromatic rings. The molecule has 3 nitrogen and oxygen atoms in total. The van der Waals surface area contributed by atoms with Crippen molar-refractivity contribution < 1.29 is 14.6 Å². The van der Waals surface area contributed by atoms with Gasteiger partial charge in [0.1, 0.15) is 5.67 Å². The third-order valence-corrected chi connectivity index (χ3v) is 2.32. The molecular weight excluding hydrogens is 209 g/mol. The van der Waals surface area contributed by atoms with Crippen molar-refractivity contribution in [1.29, 1.82) is 0 Å². The van der Waals surface area contributed by atoms with Gasteiger partial charge in [0.15, 0.2) is 11.5 Å². The smallest absolute Gasteiger partial charge is 0.158 e. The number of phenolic OH excluding ortho intramolecular Hbond substituents is 2. The number of rotatable bonds is 2. The van der Waals surface area contributed by atoms with Gasteiger partial charge in [-0.2, -0.15) is 0 Å². The van der Waals surface area contributed by atoms with Crippen LogP contribution in [0.5, 0.6) is 11.5 Å². The molecule has 0 spiro atoms. The normalized spacial score (nSPS) is 15.1. The van der Waals surface area contributed by atoms with Crippen LogP contribution in [0.3, 0.4) is 0 Å². The van der Waals surface area contributed by atoms with Gasteiger partial charge in [0, 0.05) is 18.2 Å². The zero-order valence-corrected chi connectivity index (χ0v) is 8.35. The maximum atomic E-state index is 13.7. The van der Waals surface area contributed by atoms with E-state index in [0.29, 0.717) is 0 Å². The van der Waals surface area contributed by atoms with Crippen LogP contribution in [0.25, 0.3) is 0 Å². The van der Waals surface area contributed by atoms with Gasteiger partial charge in [0.05, 0.1) is 5.02 Å². The van der Waals surface area contributed by atoms with Gasteiger partial charge < -0.3 is 15.9 Å². The topological polar surface area (TPSA) is 66.5 Å². The fraction of sp³-hybridized carbons (Fsp3) is 0.333. The molecule has 0 fully saturated rings. The van der Waals surface area contributed by atoms with Crippen molar-refractivity contribution in [2.24, 2.45) is 5.73 Å². The van der Waals surface area contributed by atoms with Gasteiger partial charge in [0.2, 0.25) is 0 Å². The number of benzene rings is 1. The second kappa shape index (κ2) is 3.63. The van der Waals surface area contributed by atoms with Crippen molar-refractivity contribution in [2.45, 2.75) is 12.6 Å². The van der Waals surface area contributed by atoms with E-state index in [0.717, 1.165) is 12.1 Å². The molecule has 14 heavy (non-hydrogen) atoms. The number of aromatic hydroxyl groups is 2. The summed E-state index contributed by atoms with van der Waals surface area (Å²) in [5.74, 6) is -0.798. The maximum absolute atomic E-state index is 13.7. The first-order valence-corrected chi connectivity index (χ1v) is 4.37. The van der Waals surface area contributed by atoms with Crippen molar-refractivity contribution in [2.75, 3.05) is 6.54 Å². The predicted molar refractivity (Wildman–Crippen MR) is 52.3 cm³/mol. The monoisotopic (exact) mass is 219 g/mol. The highest BCUT2D eigenvalue weighted by molar-refractivity contribution is 6.31. The van der Waals surface area contributed by atoms with Crippen LogP contribution >= 0.6 is 11.6 Å². The lowest BCUT2D eigenvalue weighted by atomic mass is 9.97. The van der Waals surface area contributed by atoms with E-state index in [1.807, 2.05) is 0 Å². The van der Waals surface area contributed by atoms with Crippen LogP contribution < -0.4 is 5.73 Å². The summed E-state index contributed by atoms with van der Waals surface area (Å²) in [4.78, 5) is 0. The Morgan fingerprint density at radius 2 is 1.93 bits per heavy atom. The molecule has 1 aromatic carbocycles. The minimum Gasteiger partial charge on any atom is -0.504 e. The van der Waals surface area contributed by atoms with E-state index in [4.69, 9.17) is 27.5 Å². The number of hydrogen-bond donors (Lipinski definition) is 3. The first-order valence-electron chi connectivity index (χ1n) is 3.99. The molecule has 0 aromatic heterocycles. The largest absolute Gasteiger partial charge is 0.504 e. The molecule has 0 saturated carbocycles. The second-order valence-corrected chi connectivity index (χ2v) is 3.63. The molecule has 0 radical (unpaired) electrons. The molecule has 1 atom stereocenters. The lowest BCUT2D eigenvalue weighted by Gasteiger charge is -2.20. The highest BCUT2D eigenvalue weighted by Crippen LogP contribution is 2.37. The third kappa shape index (κ3) is 1.91. The first-order chi connectivity index (χ1) is 6.38. The zero-order valence-electron chi connectivity index (χ0n) is 7.59. The summed E-state index contributed by atoms with van der Waals surface area (Å²) < 4.78 is 13.7. The van der Waals surface area contributed by atoms with E-state index < -0.39 is 11.4 Å². The van der Waals surface area contributed by atoms with Gasteiger partial charge in [-0.3, -0.25) is 0 Å². The molecule has 0 aliphatic rings. The van der Waals surface area contributed by atoms with Crippen molar-refractivity contribution >= 4 is 11.6 Å². The summed E-state index contributed by atoms with van der Waals surface area (Å²) >= 11 is 5.70. The lowest BCUT2D eigenvalue weighted by Crippen LogP contribution is -2.26. The predicted octanol–water partition coefficient (Wildman–Crippen LogP) is 1.89. The Morgan fingerprint density at radius 3 is 2.43 bits per heavy atom. The van der Waals surface area contributed by atoms with Crippen molar-refractivity contribution in [1.82, 2.24) is 0 Å². The van der Waals surface area contributed by atoms with E-state index >= 15 is 0 Å². The van der Waals surface area contributed by atoms with Crippen LogP contribution in [0.1, 0.15) is 12.5 Å². The molecule has 0 aliphatic carbocycles. The number of alkyl halides is 1. The molecule has 0 heterocycles. The highest BCUT2D eigenvalue weighted by Gasteiger charge is 2.27. The number of nitrogens with two attached hydrogens (primary N) is 1. The standard InChI is InChI=1S/C9H11ClFNO2/c1-9(11,4-12)5-2-7(13)8(14)3-6(5)10/h2-3,13-14H,4,12H2,1H3. The van der Waals surface area contributed by atoms with Crippen LogP contribution in [0.2, 0.25) is 5.02 Å². The van der Waals surface area contributed by atoms with Crippen LogP contribution in [-0.4, -0.2) is 16.8 Å². The summed E-state index contributed by atoms with van der Waals surface area (Å²) in [7, 11) is 0. The Labute approximate surface area is 85.9 Å². The fourth-order valence-corrected chi connectivity index (χ4v) is 1.42. The molecule has 1 unspecified atom stereocenters. The van der Waals surface area contributed by atoms with Crippen LogP contribution in [0.15, 0.2) is 12.1 Å². The van der Waals surface area contributed by atoms with Crippen molar-refractivity contribution in [3.05, 3.63) is 22.7 Å². The Hall–Kier alpha value is -1.00. The SMILES string of the molecule is CC(F)(CN)c1cc(O)c(O)cc1Cl. The average molecular weight is 220 g/mol. The molecule has 0 aliphatic heterocycles. The summed E-state index contributed by atoms with van der Waals surface area (Å²) in [6.45, 7) is 1.00. The number of phenols is 2. The Kier molecular flexibility index (Phi) is 2.87. The molecule has 1 rings (SSSR count). The summed E-state index contributed by atoms with van der Waals surface area (Å²) in [5.41, 5.74) is 3.47. The van der Waals surface area contributed by atoms with Crippen LogP contribution in [0, 0.1) is 0 Å². The fourth-order valence-electron chi connectivity index (χ4n) is 1.06. The van der Waals surface area contributed by atoms with Crippen LogP contribution in [0.4, 0.5) is 4.39 Å². The Balaban J connectivity index is 3.29. The van der Waals surface area contributed by atoms with Crippen LogP contribution in [-0.2, 0) is 5.67 Å². The minimum absolute atomic E-state index is 0.0377. The number of halogens is 2. The van der Waals surface area contributed by atoms with Gasteiger partial charge in [-0.1, -0.05) is 11.6 Å². The zero-order chi connectivity index (χ0) is 10.9. The lowest BCUT2D eigenvalue weighted by molar-refractivity contribution is 0.203. The molecule has 0 amide bonds. The average Bonchev–Trinajstić information content (AvgIpc) is 2.11. The minimum atomic E-state index is -1.82. The van der Waals surface area contributed by atoms with Gasteiger partial charge in [-0.25, -0.2) is 4.39 Å². The molecule has 5 heteroatoms. The van der Waals surface area contributed by atoms with E-state index in [1.54, 1.807) is 0 Å². The first kappa shape index (κ1) is 11.1. The van der Waals surface area contributed by atoms with Gasteiger partial charge in [0.25, 0.3) is 0 Å². The maximum Gasteiger partial charge on any atom is 0.158 e. The van der Waals surface area contributed by atoms with Gasteiger partial charge >= 0.3 is 0 Å². The summed E-state index contributed by atoms with van der Waals surface area (Å²) in [5, 5.41) is 18.3. The van der Waals surface area contributed by atoms with E-state index in [2.05, 4.69) is 0 Å². The number of hydrogen-bond acceptors (Lipinski definition) is 3. The summed E-state index contributed by atoms with van der Waals surface area (Å²) in [6.07, 6.45) is 0. The second-order valence-electron chi connectivity index (χ2n) is 3.22. The van der Waals surface area contributed by atoms with Gasteiger partial charge in [-0.05, 0) is 13.0 Å². The van der Waals surface area contributed by atoms with E-state index in [-0.39, 0.29) is 22.9 Å². The highest BCUT2D eigenvalue weighted by atomic mass is 35.5. The quantitative estimate of drug-likeness (QED) is 0.666. The molecule has 0 saturated heterocycles.